The molecule has 0 aliphatic carbocycles. The fourth-order valence-electron chi connectivity index (χ4n) is 1.93. The van der Waals surface area contributed by atoms with Crippen molar-refractivity contribution in [1.29, 1.82) is 0 Å². The van der Waals surface area contributed by atoms with Crippen molar-refractivity contribution in [2.45, 2.75) is 17.9 Å². The average molecular weight is 271 g/mol. The standard InChI is InChI=1S/C12H15ClN2OS/c1-15-7-3-4-9(12(15)16)8-17-11-10(13)5-2-6-14-11/h2,5-6,9H,3-4,7-8H2,1H3. The largest absolute Gasteiger partial charge is 0.345 e. The highest BCUT2D eigenvalue weighted by atomic mass is 35.5. The van der Waals surface area contributed by atoms with Crippen LogP contribution in [0.15, 0.2) is 23.4 Å². The van der Waals surface area contributed by atoms with Crippen molar-refractivity contribution in [2.24, 2.45) is 5.92 Å². The molecule has 1 aliphatic heterocycles. The van der Waals surface area contributed by atoms with Crippen LogP contribution in [0.1, 0.15) is 12.8 Å². The van der Waals surface area contributed by atoms with E-state index < -0.39 is 0 Å². The van der Waals surface area contributed by atoms with E-state index in [1.54, 1.807) is 18.0 Å². The van der Waals surface area contributed by atoms with Gasteiger partial charge in [-0.1, -0.05) is 11.6 Å². The number of halogens is 1. The van der Waals surface area contributed by atoms with E-state index in [9.17, 15) is 4.79 Å². The van der Waals surface area contributed by atoms with Crippen LogP contribution in [0, 0.1) is 5.92 Å². The van der Waals surface area contributed by atoms with Crippen molar-refractivity contribution in [3.05, 3.63) is 23.4 Å². The van der Waals surface area contributed by atoms with E-state index in [1.807, 2.05) is 24.1 Å². The molecule has 0 radical (unpaired) electrons. The van der Waals surface area contributed by atoms with Gasteiger partial charge in [0.2, 0.25) is 5.91 Å². The predicted molar refractivity (Wildman–Crippen MR) is 70.3 cm³/mol. The van der Waals surface area contributed by atoms with Crippen molar-refractivity contribution in [3.8, 4) is 0 Å². The Balaban J connectivity index is 1.94. The molecule has 0 saturated carbocycles. The van der Waals surface area contributed by atoms with E-state index in [0.717, 1.165) is 30.2 Å². The maximum absolute atomic E-state index is 11.9. The zero-order valence-electron chi connectivity index (χ0n) is 9.73. The molecule has 1 atom stereocenters. The molecule has 2 rings (SSSR count). The molecule has 1 saturated heterocycles. The second-order valence-corrected chi connectivity index (χ2v) is 5.62. The van der Waals surface area contributed by atoms with Crippen LogP contribution in [0.25, 0.3) is 0 Å². The number of piperidine rings is 1. The summed E-state index contributed by atoms with van der Waals surface area (Å²) in [5.74, 6) is 1.12. The van der Waals surface area contributed by atoms with Gasteiger partial charge in [-0.3, -0.25) is 4.79 Å². The summed E-state index contributed by atoms with van der Waals surface area (Å²) in [7, 11) is 1.87. The second-order valence-electron chi connectivity index (χ2n) is 4.20. The van der Waals surface area contributed by atoms with Crippen LogP contribution in [0.4, 0.5) is 0 Å². The van der Waals surface area contributed by atoms with Crippen molar-refractivity contribution >= 4 is 29.3 Å². The Morgan fingerprint density at radius 1 is 1.65 bits per heavy atom. The molecule has 92 valence electrons. The molecule has 0 bridgehead atoms. The zero-order chi connectivity index (χ0) is 12.3. The van der Waals surface area contributed by atoms with Crippen LogP contribution in [-0.4, -0.2) is 35.1 Å². The summed E-state index contributed by atoms with van der Waals surface area (Å²) in [6.07, 6.45) is 3.78. The van der Waals surface area contributed by atoms with Gasteiger partial charge < -0.3 is 4.90 Å². The fourth-order valence-corrected chi connectivity index (χ4v) is 3.23. The molecule has 1 fully saturated rings. The Morgan fingerprint density at radius 3 is 3.24 bits per heavy atom. The van der Waals surface area contributed by atoms with Gasteiger partial charge in [0.25, 0.3) is 0 Å². The van der Waals surface area contributed by atoms with Crippen LogP contribution in [0.3, 0.4) is 0 Å². The van der Waals surface area contributed by atoms with Crippen LogP contribution in [0.2, 0.25) is 5.02 Å². The molecule has 2 heterocycles. The monoisotopic (exact) mass is 270 g/mol. The van der Waals surface area contributed by atoms with Gasteiger partial charge in [-0.15, -0.1) is 11.8 Å². The number of rotatable bonds is 3. The summed E-state index contributed by atoms with van der Waals surface area (Å²) in [6.45, 7) is 0.879. The minimum atomic E-state index is 0.108. The first kappa shape index (κ1) is 12.7. The number of pyridine rings is 1. The van der Waals surface area contributed by atoms with E-state index in [4.69, 9.17) is 11.6 Å². The highest BCUT2D eigenvalue weighted by Crippen LogP contribution is 2.29. The summed E-state index contributed by atoms with van der Waals surface area (Å²) in [6, 6.07) is 3.64. The van der Waals surface area contributed by atoms with Gasteiger partial charge in [-0.25, -0.2) is 4.98 Å². The van der Waals surface area contributed by atoms with Gasteiger partial charge in [-0.2, -0.15) is 0 Å². The third kappa shape index (κ3) is 3.13. The fraction of sp³-hybridized carbons (Fsp3) is 0.500. The number of carbonyl (C=O) groups is 1. The lowest BCUT2D eigenvalue weighted by atomic mass is 10.00. The number of likely N-dealkylation sites (tertiary alicyclic amines) is 1. The number of aromatic nitrogens is 1. The van der Waals surface area contributed by atoms with Gasteiger partial charge in [0.15, 0.2) is 0 Å². The Kier molecular flexibility index (Phi) is 4.29. The van der Waals surface area contributed by atoms with Crippen LogP contribution in [0.5, 0.6) is 0 Å². The molecule has 1 aromatic rings. The van der Waals surface area contributed by atoms with Crippen molar-refractivity contribution in [2.75, 3.05) is 19.3 Å². The smallest absolute Gasteiger partial charge is 0.226 e. The lowest BCUT2D eigenvalue weighted by Crippen LogP contribution is -2.39. The van der Waals surface area contributed by atoms with E-state index in [0.29, 0.717) is 5.02 Å². The summed E-state index contributed by atoms with van der Waals surface area (Å²) >= 11 is 7.60. The Hall–Kier alpha value is -0.740. The Labute approximate surface area is 111 Å². The third-order valence-corrected chi connectivity index (χ3v) is 4.50. The number of amides is 1. The van der Waals surface area contributed by atoms with Gasteiger partial charge in [0.1, 0.15) is 5.03 Å². The molecule has 3 nitrogen and oxygen atoms in total. The minimum Gasteiger partial charge on any atom is -0.345 e. The molecule has 17 heavy (non-hydrogen) atoms. The first-order chi connectivity index (χ1) is 8.18. The Bertz CT molecular complexity index is 413. The van der Waals surface area contributed by atoms with E-state index in [2.05, 4.69) is 4.98 Å². The minimum absolute atomic E-state index is 0.108. The molecule has 1 aliphatic rings. The topological polar surface area (TPSA) is 33.2 Å². The lowest BCUT2D eigenvalue weighted by molar-refractivity contribution is -0.135. The molecule has 1 aromatic heterocycles. The first-order valence-corrected chi connectivity index (χ1v) is 7.03. The predicted octanol–water partition coefficient (Wildman–Crippen LogP) is 2.70. The summed E-state index contributed by atoms with van der Waals surface area (Å²) in [5, 5.41) is 1.48. The highest BCUT2D eigenvalue weighted by molar-refractivity contribution is 7.99. The van der Waals surface area contributed by atoms with Crippen LogP contribution >= 0.6 is 23.4 Å². The molecule has 0 spiro atoms. The number of carbonyl (C=O) groups excluding carboxylic acids is 1. The summed E-state index contributed by atoms with van der Waals surface area (Å²) < 4.78 is 0. The van der Waals surface area contributed by atoms with Crippen LogP contribution < -0.4 is 0 Å². The van der Waals surface area contributed by atoms with Gasteiger partial charge >= 0.3 is 0 Å². The molecule has 1 amide bonds. The van der Waals surface area contributed by atoms with E-state index >= 15 is 0 Å². The Morgan fingerprint density at radius 2 is 2.47 bits per heavy atom. The maximum atomic E-state index is 11.9. The first-order valence-electron chi connectivity index (χ1n) is 5.67. The maximum Gasteiger partial charge on any atom is 0.226 e. The number of hydrogen-bond acceptors (Lipinski definition) is 3. The summed E-state index contributed by atoms with van der Waals surface area (Å²) in [4.78, 5) is 17.9. The molecular formula is C12H15ClN2OS. The average Bonchev–Trinajstić information content (AvgIpc) is 2.33. The molecular weight excluding hydrogens is 256 g/mol. The highest BCUT2D eigenvalue weighted by Gasteiger charge is 2.26. The SMILES string of the molecule is CN1CCCC(CSc2ncccc2Cl)C1=O. The second kappa shape index (κ2) is 5.74. The van der Waals surface area contributed by atoms with Crippen molar-refractivity contribution in [1.82, 2.24) is 9.88 Å². The van der Waals surface area contributed by atoms with Crippen LogP contribution in [-0.2, 0) is 4.79 Å². The molecule has 0 aromatic carbocycles. The number of thioether (sulfide) groups is 1. The molecule has 0 N–H and O–H groups in total. The van der Waals surface area contributed by atoms with Crippen molar-refractivity contribution in [3.63, 3.8) is 0 Å². The number of nitrogens with zero attached hydrogens (tertiary/aromatic N) is 2. The van der Waals surface area contributed by atoms with Gasteiger partial charge in [0, 0.05) is 31.5 Å². The molecule has 5 heteroatoms. The quantitative estimate of drug-likeness (QED) is 0.792. The van der Waals surface area contributed by atoms with E-state index in [1.165, 1.54) is 0 Å². The van der Waals surface area contributed by atoms with Gasteiger partial charge in [0.05, 0.1) is 5.02 Å². The van der Waals surface area contributed by atoms with Crippen molar-refractivity contribution < 1.29 is 4.79 Å². The third-order valence-electron chi connectivity index (χ3n) is 2.92. The molecule has 1 unspecified atom stereocenters. The van der Waals surface area contributed by atoms with E-state index in [-0.39, 0.29) is 11.8 Å². The number of hydrogen-bond donors (Lipinski definition) is 0. The normalized spacial score (nSPS) is 20.7. The summed E-state index contributed by atoms with van der Waals surface area (Å²) in [5.41, 5.74) is 0. The lowest BCUT2D eigenvalue weighted by Gasteiger charge is -2.28. The zero-order valence-corrected chi connectivity index (χ0v) is 11.3. The van der Waals surface area contributed by atoms with Gasteiger partial charge in [-0.05, 0) is 25.0 Å².